The highest BCUT2D eigenvalue weighted by atomic mass is 35.5. The SMILES string of the molecule is Cc1ccc(C2CC(N3CCN(CCN4CCN(C(C)C)C4=O)CC3)c3ccc(Cl)cc32)cc1. The van der Waals surface area contributed by atoms with Gasteiger partial charge in [-0.2, -0.15) is 0 Å². The van der Waals surface area contributed by atoms with E-state index in [1.54, 1.807) is 0 Å². The van der Waals surface area contributed by atoms with Crippen molar-refractivity contribution in [3.05, 3.63) is 69.7 Å². The zero-order chi connectivity index (χ0) is 23.8. The molecule has 34 heavy (non-hydrogen) atoms. The molecule has 182 valence electrons. The molecule has 0 bridgehead atoms. The van der Waals surface area contributed by atoms with Crippen molar-refractivity contribution in [1.82, 2.24) is 19.6 Å². The molecule has 2 fully saturated rings. The van der Waals surface area contributed by atoms with Crippen molar-refractivity contribution in [3.8, 4) is 0 Å². The molecule has 2 aromatic carbocycles. The number of piperazine rings is 1. The molecule has 2 atom stereocenters. The minimum absolute atomic E-state index is 0.206. The molecule has 5 nitrogen and oxygen atoms in total. The number of hydrogen-bond acceptors (Lipinski definition) is 3. The van der Waals surface area contributed by atoms with Gasteiger partial charge in [0.15, 0.2) is 0 Å². The summed E-state index contributed by atoms with van der Waals surface area (Å²) < 4.78 is 0. The van der Waals surface area contributed by atoms with Crippen molar-refractivity contribution >= 4 is 17.6 Å². The fourth-order valence-corrected chi connectivity index (χ4v) is 6.12. The zero-order valence-electron chi connectivity index (χ0n) is 20.7. The molecule has 0 N–H and O–H groups in total. The summed E-state index contributed by atoms with van der Waals surface area (Å²) in [5.74, 6) is 0.405. The lowest BCUT2D eigenvalue weighted by atomic mass is 9.92. The Morgan fingerprint density at radius 1 is 0.912 bits per heavy atom. The number of fused-ring (bicyclic) bond motifs is 1. The Bertz CT molecular complexity index is 1020. The van der Waals surface area contributed by atoms with Gasteiger partial charge in [0, 0.05) is 75.4 Å². The number of hydrogen-bond donors (Lipinski definition) is 0. The number of aryl methyl sites for hydroxylation is 1. The molecule has 2 aromatic rings. The van der Waals surface area contributed by atoms with Crippen molar-refractivity contribution in [2.24, 2.45) is 0 Å². The summed E-state index contributed by atoms with van der Waals surface area (Å²) in [6, 6.07) is 16.4. The summed E-state index contributed by atoms with van der Waals surface area (Å²) in [4.78, 5) is 21.8. The third-order valence-electron chi connectivity index (χ3n) is 8.01. The molecule has 0 saturated carbocycles. The van der Waals surface area contributed by atoms with E-state index in [-0.39, 0.29) is 12.1 Å². The van der Waals surface area contributed by atoms with E-state index in [9.17, 15) is 4.79 Å². The van der Waals surface area contributed by atoms with Gasteiger partial charge in [0.2, 0.25) is 0 Å². The second-order valence-electron chi connectivity index (χ2n) is 10.4. The van der Waals surface area contributed by atoms with E-state index < -0.39 is 0 Å². The van der Waals surface area contributed by atoms with Crippen molar-refractivity contribution in [2.45, 2.75) is 45.2 Å². The first-order valence-electron chi connectivity index (χ1n) is 12.8. The summed E-state index contributed by atoms with van der Waals surface area (Å²) >= 11 is 6.43. The van der Waals surface area contributed by atoms with Crippen LogP contribution in [0.2, 0.25) is 5.02 Å². The number of rotatable bonds is 6. The summed E-state index contributed by atoms with van der Waals surface area (Å²) in [6.07, 6.45) is 1.12. The molecule has 0 aromatic heterocycles. The van der Waals surface area contributed by atoms with Gasteiger partial charge >= 0.3 is 6.03 Å². The molecule has 2 heterocycles. The maximum atomic E-state index is 12.6. The van der Waals surface area contributed by atoms with Gasteiger partial charge in [-0.25, -0.2) is 4.79 Å². The molecular formula is C28H37ClN4O. The van der Waals surface area contributed by atoms with Crippen LogP contribution in [0.15, 0.2) is 42.5 Å². The van der Waals surface area contributed by atoms with E-state index in [1.165, 1.54) is 22.3 Å². The average Bonchev–Trinajstić information content (AvgIpc) is 3.39. The molecule has 0 radical (unpaired) electrons. The van der Waals surface area contributed by atoms with Crippen molar-refractivity contribution in [2.75, 3.05) is 52.4 Å². The molecule has 0 spiro atoms. The van der Waals surface area contributed by atoms with E-state index in [4.69, 9.17) is 11.6 Å². The van der Waals surface area contributed by atoms with Gasteiger partial charge in [-0.3, -0.25) is 9.80 Å². The average molecular weight is 481 g/mol. The Morgan fingerprint density at radius 3 is 2.32 bits per heavy atom. The zero-order valence-corrected chi connectivity index (χ0v) is 21.5. The molecular weight excluding hydrogens is 444 g/mol. The van der Waals surface area contributed by atoms with E-state index in [0.29, 0.717) is 12.0 Å². The van der Waals surface area contributed by atoms with Gasteiger partial charge in [-0.05, 0) is 56.0 Å². The van der Waals surface area contributed by atoms with Gasteiger partial charge in [0.05, 0.1) is 0 Å². The van der Waals surface area contributed by atoms with Crippen LogP contribution in [0.25, 0.3) is 0 Å². The Kier molecular flexibility index (Phi) is 6.88. The Morgan fingerprint density at radius 2 is 1.65 bits per heavy atom. The van der Waals surface area contributed by atoms with Crippen LogP contribution in [0, 0.1) is 6.92 Å². The number of urea groups is 1. The quantitative estimate of drug-likeness (QED) is 0.583. The van der Waals surface area contributed by atoms with Crippen molar-refractivity contribution < 1.29 is 4.79 Å². The first-order valence-corrected chi connectivity index (χ1v) is 13.2. The topological polar surface area (TPSA) is 30.0 Å². The molecule has 6 heteroatoms. The third-order valence-corrected chi connectivity index (χ3v) is 8.24. The summed E-state index contributed by atoms with van der Waals surface area (Å²) in [6.45, 7) is 14.1. The van der Waals surface area contributed by atoms with Crippen LogP contribution in [0.5, 0.6) is 0 Å². The number of amides is 2. The van der Waals surface area contributed by atoms with Crippen LogP contribution >= 0.6 is 11.6 Å². The Balaban J connectivity index is 1.20. The second kappa shape index (κ2) is 9.88. The van der Waals surface area contributed by atoms with E-state index >= 15 is 0 Å². The van der Waals surface area contributed by atoms with Crippen LogP contribution < -0.4 is 0 Å². The highest BCUT2D eigenvalue weighted by Crippen LogP contribution is 2.47. The van der Waals surface area contributed by atoms with Gasteiger partial charge in [-0.15, -0.1) is 0 Å². The second-order valence-corrected chi connectivity index (χ2v) is 10.9. The van der Waals surface area contributed by atoms with Crippen LogP contribution in [0.1, 0.15) is 54.5 Å². The van der Waals surface area contributed by atoms with Gasteiger partial charge in [0.1, 0.15) is 0 Å². The standard InChI is InChI=1S/C28H37ClN4O/c1-20(2)33-17-16-32(28(33)34)15-12-30-10-13-31(14-11-30)27-19-25(22-6-4-21(3)5-7-22)26-18-23(29)8-9-24(26)27/h4-9,18,20,25,27H,10-17,19H2,1-3H3. The molecule has 2 saturated heterocycles. The first-order chi connectivity index (χ1) is 16.4. The van der Waals surface area contributed by atoms with Crippen LogP contribution in [-0.2, 0) is 0 Å². The largest absolute Gasteiger partial charge is 0.322 e. The minimum Gasteiger partial charge on any atom is -0.322 e. The Hall–Kier alpha value is -2.08. The van der Waals surface area contributed by atoms with Crippen molar-refractivity contribution in [3.63, 3.8) is 0 Å². The lowest BCUT2D eigenvalue weighted by molar-refractivity contribution is 0.0900. The molecule has 2 amide bonds. The molecule has 3 aliphatic rings. The smallest absolute Gasteiger partial charge is 0.320 e. The summed E-state index contributed by atoms with van der Waals surface area (Å²) in [7, 11) is 0. The fourth-order valence-electron chi connectivity index (χ4n) is 5.94. The highest BCUT2D eigenvalue weighted by molar-refractivity contribution is 6.30. The van der Waals surface area contributed by atoms with Gasteiger partial charge < -0.3 is 9.80 Å². The van der Waals surface area contributed by atoms with Gasteiger partial charge in [-0.1, -0.05) is 47.5 Å². The normalized spacial score (nSPS) is 23.9. The maximum Gasteiger partial charge on any atom is 0.320 e. The predicted molar refractivity (Wildman–Crippen MR) is 139 cm³/mol. The fraction of sp³-hybridized carbons (Fsp3) is 0.536. The predicted octanol–water partition coefficient (Wildman–Crippen LogP) is 4.99. The molecule has 2 aliphatic heterocycles. The van der Waals surface area contributed by atoms with Crippen LogP contribution in [0.4, 0.5) is 4.79 Å². The number of carbonyl (C=O) groups is 1. The molecule has 1 aliphatic carbocycles. The number of benzene rings is 2. The number of nitrogens with zero attached hydrogens (tertiary/aromatic N) is 4. The number of carbonyl (C=O) groups excluding carboxylic acids is 1. The van der Waals surface area contributed by atoms with Gasteiger partial charge in [0.25, 0.3) is 0 Å². The summed E-state index contributed by atoms with van der Waals surface area (Å²) in [5, 5.41) is 0.828. The number of halogens is 1. The van der Waals surface area contributed by atoms with Crippen LogP contribution in [0.3, 0.4) is 0 Å². The minimum atomic E-state index is 0.206. The molecule has 2 unspecified atom stereocenters. The van der Waals surface area contributed by atoms with Crippen LogP contribution in [-0.4, -0.2) is 84.0 Å². The van der Waals surface area contributed by atoms with E-state index in [2.05, 4.69) is 73.0 Å². The first kappa shape index (κ1) is 23.7. The van der Waals surface area contributed by atoms with E-state index in [1.807, 2.05) is 9.80 Å². The lowest BCUT2D eigenvalue weighted by Gasteiger charge is -2.39. The van der Waals surface area contributed by atoms with E-state index in [0.717, 1.165) is 63.8 Å². The van der Waals surface area contributed by atoms with Crippen molar-refractivity contribution in [1.29, 1.82) is 0 Å². The monoisotopic (exact) mass is 480 g/mol. The maximum absolute atomic E-state index is 12.6. The summed E-state index contributed by atoms with van der Waals surface area (Å²) in [5.41, 5.74) is 5.53. The molecule has 5 rings (SSSR count). The third kappa shape index (κ3) is 4.71. The highest BCUT2D eigenvalue weighted by Gasteiger charge is 2.37. The Labute approximate surface area is 209 Å². The lowest BCUT2D eigenvalue weighted by Crippen LogP contribution is -2.49.